The van der Waals surface area contributed by atoms with E-state index in [0.717, 1.165) is 101 Å². The summed E-state index contributed by atoms with van der Waals surface area (Å²) in [6, 6.07) is 85.0. The maximum atomic E-state index is 4.62. The molecule has 0 amide bonds. The highest BCUT2D eigenvalue weighted by Crippen LogP contribution is 2.54. The van der Waals surface area contributed by atoms with Gasteiger partial charge in [0.2, 0.25) is 0 Å². The van der Waals surface area contributed by atoms with Gasteiger partial charge in [0.1, 0.15) is 0 Å². The number of fused-ring (bicyclic) bond motifs is 4. The van der Waals surface area contributed by atoms with Gasteiger partial charge >= 0.3 is 0 Å². The van der Waals surface area contributed by atoms with Crippen molar-refractivity contribution in [2.24, 2.45) is 0 Å². The summed E-state index contributed by atoms with van der Waals surface area (Å²) in [7, 11) is 0. The second kappa shape index (κ2) is 18.0. The summed E-state index contributed by atoms with van der Waals surface area (Å²) < 4.78 is 0. The zero-order valence-electron chi connectivity index (χ0n) is 41.1. The highest BCUT2D eigenvalue weighted by molar-refractivity contribution is 7.00. The third-order valence-corrected chi connectivity index (χ3v) is 14.8. The molecule has 0 unspecified atom stereocenters. The van der Waals surface area contributed by atoms with E-state index >= 15 is 0 Å². The van der Waals surface area contributed by atoms with Gasteiger partial charge in [-0.2, -0.15) is 0 Å². The van der Waals surface area contributed by atoms with Gasteiger partial charge in [0, 0.05) is 80.9 Å². The maximum absolute atomic E-state index is 4.62. The lowest BCUT2D eigenvalue weighted by Crippen LogP contribution is -2.61. The number of hydrogen-bond donors (Lipinski definition) is 0. The van der Waals surface area contributed by atoms with Gasteiger partial charge in [-0.15, -0.1) is 0 Å². The molecular formula is C68H51BN4. The first-order valence-electron chi connectivity index (χ1n) is 25.2. The first-order chi connectivity index (χ1) is 35.9. The van der Waals surface area contributed by atoms with E-state index in [1.807, 2.05) is 36.9 Å². The highest BCUT2D eigenvalue weighted by Gasteiger charge is 2.46. The Kier molecular flexibility index (Phi) is 10.8. The van der Waals surface area contributed by atoms with E-state index in [-0.39, 0.29) is 12.1 Å². The first-order valence-corrected chi connectivity index (χ1v) is 25.2. The second-order valence-corrected chi connectivity index (χ2v) is 20.2. The molecule has 73 heavy (non-hydrogen) atoms. The topological polar surface area (TPSA) is 32.3 Å². The standard InChI is InChI=1S/C68H51BN4/c1-68(2,3)54-42-63-65-64(43-54)73(67-57(48-24-12-6-13-25-48)32-17-33-58(67)49-26-14-7-15-27-49)62-41-51(53-29-19-39-71-45-53)35-37-60(62)69(65)59-36-34-50(52-28-18-38-70-44-52)40-61(59)72(63)66-55(46-20-8-4-9-21-46)30-16-31-56(66)47-22-10-5-11-23-47/h4-45H,1-3H3. The van der Waals surface area contributed by atoms with Crippen molar-refractivity contribution in [3.63, 3.8) is 0 Å². The Morgan fingerprint density at radius 2 is 0.685 bits per heavy atom. The SMILES string of the molecule is CC(C)(C)c1cc2c3c(c1)N(c1c(-c4ccccc4)cccc1-c1ccccc1)c1cc(-c4cccnc4)ccc1B3c1ccc(-c3cccnc3)cc1N2c1c(-c2ccccc2)cccc1-c1ccccc1. The van der Waals surface area contributed by atoms with Crippen molar-refractivity contribution in [1.82, 2.24) is 9.97 Å². The monoisotopic (exact) mass is 934 g/mol. The van der Waals surface area contributed by atoms with Crippen LogP contribution in [0, 0.1) is 0 Å². The van der Waals surface area contributed by atoms with Gasteiger partial charge in [0.25, 0.3) is 6.71 Å². The summed E-state index contributed by atoms with van der Waals surface area (Å²) in [6.45, 7) is 6.92. The molecule has 0 aliphatic carbocycles. The molecule has 13 rings (SSSR count). The minimum absolute atomic E-state index is 0.129. The van der Waals surface area contributed by atoms with Gasteiger partial charge in [-0.3, -0.25) is 9.97 Å². The Morgan fingerprint density at radius 1 is 0.329 bits per heavy atom. The highest BCUT2D eigenvalue weighted by atomic mass is 15.2. The summed E-state index contributed by atoms with van der Waals surface area (Å²) in [4.78, 5) is 14.5. The zero-order chi connectivity index (χ0) is 49.0. The van der Waals surface area contributed by atoms with Gasteiger partial charge in [-0.1, -0.05) is 215 Å². The lowest BCUT2D eigenvalue weighted by atomic mass is 9.33. The number of benzene rings is 9. The molecule has 11 aromatic rings. The maximum Gasteiger partial charge on any atom is 0.252 e. The molecule has 5 heteroatoms. The van der Waals surface area contributed by atoms with E-state index in [1.165, 1.54) is 22.0 Å². The molecule has 0 saturated carbocycles. The molecule has 2 aliphatic rings. The quantitative estimate of drug-likeness (QED) is 0.142. The number of nitrogens with zero attached hydrogens (tertiary/aromatic N) is 4. The van der Waals surface area contributed by atoms with Crippen molar-refractivity contribution in [3.05, 3.63) is 261 Å². The average molecular weight is 935 g/mol. The molecule has 0 saturated heterocycles. The minimum atomic E-state index is -0.240. The average Bonchev–Trinajstić information content (AvgIpc) is 3.45. The molecule has 2 aromatic heterocycles. The molecule has 0 radical (unpaired) electrons. The van der Waals surface area contributed by atoms with Crippen LogP contribution in [0.2, 0.25) is 0 Å². The number of rotatable bonds is 8. The fourth-order valence-corrected chi connectivity index (χ4v) is 11.3. The van der Waals surface area contributed by atoms with Crippen LogP contribution in [0.25, 0.3) is 66.8 Å². The summed E-state index contributed by atoms with van der Waals surface area (Å²) in [5.74, 6) is 0. The van der Waals surface area contributed by atoms with Crippen molar-refractivity contribution in [2.45, 2.75) is 26.2 Å². The molecule has 0 spiro atoms. The molecule has 346 valence electrons. The van der Waals surface area contributed by atoms with Gasteiger partial charge in [-0.05, 0) is 97.1 Å². The normalized spacial score (nSPS) is 12.5. The largest absolute Gasteiger partial charge is 0.310 e. The molecule has 2 aliphatic heterocycles. The van der Waals surface area contributed by atoms with Gasteiger partial charge in [0.05, 0.1) is 11.4 Å². The van der Waals surface area contributed by atoms with Gasteiger partial charge in [-0.25, -0.2) is 0 Å². The number of aromatic nitrogens is 2. The van der Waals surface area contributed by atoms with Crippen LogP contribution in [-0.2, 0) is 5.41 Å². The predicted molar refractivity (Wildman–Crippen MR) is 307 cm³/mol. The van der Waals surface area contributed by atoms with Crippen molar-refractivity contribution >= 4 is 57.2 Å². The van der Waals surface area contributed by atoms with Crippen molar-refractivity contribution in [1.29, 1.82) is 0 Å². The Bertz CT molecular complexity index is 3460. The van der Waals surface area contributed by atoms with Crippen molar-refractivity contribution in [2.75, 3.05) is 9.80 Å². The van der Waals surface area contributed by atoms with Crippen LogP contribution in [0.15, 0.2) is 255 Å². The third-order valence-electron chi connectivity index (χ3n) is 14.8. The van der Waals surface area contributed by atoms with Crippen molar-refractivity contribution < 1.29 is 0 Å². The van der Waals surface area contributed by atoms with Gasteiger partial charge < -0.3 is 9.80 Å². The fourth-order valence-electron chi connectivity index (χ4n) is 11.3. The first kappa shape index (κ1) is 43.9. The Labute approximate surface area is 428 Å². The fraction of sp³-hybridized carbons (Fsp3) is 0.0588. The number of hydrogen-bond acceptors (Lipinski definition) is 4. The lowest BCUT2D eigenvalue weighted by Gasteiger charge is -2.46. The van der Waals surface area contributed by atoms with Crippen LogP contribution >= 0.6 is 0 Å². The zero-order valence-corrected chi connectivity index (χ0v) is 41.1. The summed E-state index contributed by atoms with van der Waals surface area (Å²) >= 11 is 0. The molecular weight excluding hydrogens is 884 g/mol. The molecule has 4 nitrogen and oxygen atoms in total. The molecule has 0 bridgehead atoms. The lowest BCUT2D eigenvalue weighted by molar-refractivity contribution is 0.590. The Morgan fingerprint density at radius 3 is 1.01 bits per heavy atom. The van der Waals surface area contributed by atoms with Crippen LogP contribution < -0.4 is 26.2 Å². The summed E-state index contributed by atoms with van der Waals surface area (Å²) in [6.07, 6.45) is 7.67. The van der Waals surface area contributed by atoms with Crippen molar-refractivity contribution in [3.8, 4) is 66.8 Å². The minimum Gasteiger partial charge on any atom is -0.310 e. The Hall–Kier alpha value is -9.06. The van der Waals surface area contributed by atoms with Crippen LogP contribution in [0.1, 0.15) is 26.3 Å². The number of para-hydroxylation sites is 2. The van der Waals surface area contributed by atoms with Crippen LogP contribution in [-0.4, -0.2) is 16.7 Å². The molecule has 9 aromatic carbocycles. The molecule has 4 heterocycles. The van der Waals surface area contributed by atoms with E-state index in [0.29, 0.717) is 0 Å². The van der Waals surface area contributed by atoms with E-state index in [9.17, 15) is 0 Å². The van der Waals surface area contributed by atoms with E-state index < -0.39 is 0 Å². The smallest absolute Gasteiger partial charge is 0.252 e. The van der Waals surface area contributed by atoms with E-state index in [1.54, 1.807) is 0 Å². The second-order valence-electron chi connectivity index (χ2n) is 20.2. The molecule has 0 atom stereocenters. The summed E-state index contributed by atoms with van der Waals surface area (Å²) in [5.41, 5.74) is 25.2. The third kappa shape index (κ3) is 7.64. The predicted octanol–water partition coefficient (Wildman–Crippen LogP) is 15.9. The molecule has 0 N–H and O–H groups in total. The Balaban J connectivity index is 1.21. The van der Waals surface area contributed by atoms with Gasteiger partial charge in [0.15, 0.2) is 0 Å². The van der Waals surface area contributed by atoms with Crippen LogP contribution in [0.4, 0.5) is 34.1 Å². The number of pyridine rings is 2. The van der Waals surface area contributed by atoms with E-state index in [2.05, 4.69) is 259 Å². The molecule has 0 fully saturated rings. The summed E-state index contributed by atoms with van der Waals surface area (Å²) in [5, 5.41) is 0. The van der Waals surface area contributed by atoms with Crippen LogP contribution in [0.5, 0.6) is 0 Å². The number of anilines is 6. The van der Waals surface area contributed by atoms with Crippen LogP contribution in [0.3, 0.4) is 0 Å². The van der Waals surface area contributed by atoms with E-state index in [4.69, 9.17) is 0 Å².